The van der Waals surface area contributed by atoms with Gasteiger partial charge in [-0.05, 0) is 56.5 Å². The van der Waals surface area contributed by atoms with Gasteiger partial charge in [-0.15, -0.1) is 0 Å². The van der Waals surface area contributed by atoms with Crippen LogP contribution < -0.4 is 10.5 Å². The van der Waals surface area contributed by atoms with E-state index in [0.29, 0.717) is 0 Å². The standard InChI is InChI=1S/C15H24N2O/c1-12-9-13(5-6-15(12)18-2)10-14(16)11-17-7-3-4-8-17/h5-6,9,14H,3-4,7-8,10-11,16H2,1-2H3. The number of methoxy groups -OCH3 is 1. The Labute approximate surface area is 110 Å². The molecule has 3 heteroatoms. The highest BCUT2D eigenvalue weighted by molar-refractivity contribution is 5.36. The molecule has 1 aromatic rings. The molecule has 2 rings (SSSR count). The van der Waals surface area contributed by atoms with Crippen LogP contribution in [0.4, 0.5) is 0 Å². The molecule has 1 aliphatic rings. The minimum absolute atomic E-state index is 0.232. The molecule has 100 valence electrons. The van der Waals surface area contributed by atoms with E-state index in [4.69, 9.17) is 10.5 Å². The Morgan fingerprint density at radius 1 is 1.33 bits per heavy atom. The molecule has 0 aromatic heterocycles. The lowest BCUT2D eigenvalue weighted by atomic mass is 10.0. The number of nitrogens with zero attached hydrogens (tertiary/aromatic N) is 1. The van der Waals surface area contributed by atoms with Gasteiger partial charge in [-0.3, -0.25) is 0 Å². The van der Waals surface area contributed by atoms with Crippen molar-refractivity contribution in [3.05, 3.63) is 29.3 Å². The average molecular weight is 248 g/mol. The predicted octanol–water partition coefficient (Wildman–Crippen LogP) is 1.97. The molecule has 2 N–H and O–H groups in total. The van der Waals surface area contributed by atoms with Crippen molar-refractivity contribution < 1.29 is 4.74 Å². The lowest BCUT2D eigenvalue weighted by Crippen LogP contribution is -2.37. The van der Waals surface area contributed by atoms with Crippen LogP contribution in [-0.2, 0) is 6.42 Å². The topological polar surface area (TPSA) is 38.5 Å². The van der Waals surface area contributed by atoms with Crippen LogP contribution in [0.15, 0.2) is 18.2 Å². The zero-order valence-electron chi connectivity index (χ0n) is 11.5. The van der Waals surface area contributed by atoms with Crippen molar-refractivity contribution in [1.29, 1.82) is 0 Å². The van der Waals surface area contributed by atoms with Crippen molar-refractivity contribution in [1.82, 2.24) is 4.90 Å². The Balaban J connectivity index is 1.89. The van der Waals surface area contributed by atoms with Crippen molar-refractivity contribution in [3.8, 4) is 5.75 Å². The second kappa shape index (κ2) is 6.21. The van der Waals surface area contributed by atoms with Crippen LogP contribution in [0, 0.1) is 6.92 Å². The molecule has 0 amide bonds. The minimum atomic E-state index is 0.232. The zero-order chi connectivity index (χ0) is 13.0. The van der Waals surface area contributed by atoms with Crippen molar-refractivity contribution in [2.45, 2.75) is 32.2 Å². The number of likely N-dealkylation sites (tertiary alicyclic amines) is 1. The first kappa shape index (κ1) is 13.4. The maximum absolute atomic E-state index is 6.23. The van der Waals surface area contributed by atoms with Gasteiger partial charge in [-0.1, -0.05) is 12.1 Å². The third-order valence-electron chi connectivity index (χ3n) is 3.65. The monoisotopic (exact) mass is 248 g/mol. The molecular formula is C15H24N2O. The molecule has 1 heterocycles. The maximum Gasteiger partial charge on any atom is 0.121 e. The smallest absolute Gasteiger partial charge is 0.121 e. The van der Waals surface area contributed by atoms with Gasteiger partial charge in [0.15, 0.2) is 0 Å². The first-order valence-corrected chi connectivity index (χ1v) is 6.80. The summed E-state index contributed by atoms with van der Waals surface area (Å²) < 4.78 is 5.27. The maximum atomic E-state index is 6.23. The normalized spacial score (nSPS) is 17.9. The largest absolute Gasteiger partial charge is 0.496 e. The summed E-state index contributed by atoms with van der Waals surface area (Å²) in [7, 11) is 1.71. The predicted molar refractivity (Wildman–Crippen MR) is 75.1 cm³/mol. The Morgan fingerprint density at radius 2 is 2.06 bits per heavy atom. The van der Waals surface area contributed by atoms with E-state index >= 15 is 0 Å². The van der Waals surface area contributed by atoms with Crippen LogP contribution in [0.2, 0.25) is 0 Å². The molecule has 0 radical (unpaired) electrons. The highest BCUT2D eigenvalue weighted by Gasteiger charge is 2.15. The van der Waals surface area contributed by atoms with E-state index in [0.717, 1.165) is 18.7 Å². The Morgan fingerprint density at radius 3 is 2.67 bits per heavy atom. The van der Waals surface area contributed by atoms with Crippen LogP contribution in [0.25, 0.3) is 0 Å². The lowest BCUT2D eigenvalue weighted by Gasteiger charge is -2.20. The number of hydrogen-bond acceptors (Lipinski definition) is 3. The molecule has 0 bridgehead atoms. The highest BCUT2D eigenvalue weighted by Crippen LogP contribution is 2.19. The molecule has 1 aliphatic heterocycles. The van der Waals surface area contributed by atoms with E-state index in [1.165, 1.54) is 37.1 Å². The molecule has 3 nitrogen and oxygen atoms in total. The fourth-order valence-electron chi connectivity index (χ4n) is 2.73. The summed E-state index contributed by atoms with van der Waals surface area (Å²) in [5, 5.41) is 0. The summed E-state index contributed by atoms with van der Waals surface area (Å²) >= 11 is 0. The van der Waals surface area contributed by atoms with E-state index < -0.39 is 0 Å². The molecule has 0 spiro atoms. The van der Waals surface area contributed by atoms with Gasteiger partial charge < -0.3 is 15.4 Å². The van der Waals surface area contributed by atoms with Crippen molar-refractivity contribution in [2.24, 2.45) is 5.73 Å². The summed E-state index contributed by atoms with van der Waals surface area (Å²) in [6.45, 7) is 5.53. The third kappa shape index (κ3) is 3.47. The summed E-state index contributed by atoms with van der Waals surface area (Å²) in [5.41, 5.74) is 8.72. The molecule has 1 fully saturated rings. The van der Waals surface area contributed by atoms with E-state index in [2.05, 4.69) is 24.0 Å². The van der Waals surface area contributed by atoms with Crippen molar-refractivity contribution >= 4 is 0 Å². The molecular weight excluding hydrogens is 224 g/mol. The van der Waals surface area contributed by atoms with Gasteiger partial charge in [0.05, 0.1) is 7.11 Å². The number of nitrogens with two attached hydrogens (primary N) is 1. The van der Waals surface area contributed by atoms with Gasteiger partial charge in [0.1, 0.15) is 5.75 Å². The fraction of sp³-hybridized carbons (Fsp3) is 0.600. The van der Waals surface area contributed by atoms with Crippen LogP contribution >= 0.6 is 0 Å². The van der Waals surface area contributed by atoms with Crippen molar-refractivity contribution in [3.63, 3.8) is 0 Å². The molecule has 0 saturated carbocycles. The van der Waals surface area contributed by atoms with Gasteiger partial charge >= 0.3 is 0 Å². The Hall–Kier alpha value is -1.06. The number of rotatable bonds is 5. The quantitative estimate of drug-likeness (QED) is 0.866. The van der Waals surface area contributed by atoms with Gasteiger partial charge in [0.2, 0.25) is 0 Å². The molecule has 1 atom stereocenters. The summed E-state index contributed by atoms with van der Waals surface area (Å²) in [4.78, 5) is 2.47. The lowest BCUT2D eigenvalue weighted by molar-refractivity contribution is 0.313. The minimum Gasteiger partial charge on any atom is -0.496 e. The SMILES string of the molecule is COc1ccc(CC(N)CN2CCCC2)cc1C. The van der Waals surface area contributed by atoms with Crippen LogP contribution in [0.3, 0.4) is 0 Å². The van der Waals surface area contributed by atoms with Crippen LogP contribution in [-0.4, -0.2) is 37.7 Å². The zero-order valence-corrected chi connectivity index (χ0v) is 11.5. The third-order valence-corrected chi connectivity index (χ3v) is 3.65. The summed E-state index contributed by atoms with van der Waals surface area (Å²) in [5.74, 6) is 0.951. The van der Waals surface area contributed by atoms with Crippen LogP contribution in [0.1, 0.15) is 24.0 Å². The Kier molecular flexibility index (Phi) is 4.61. The molecule has 18 heavy (non-hydrogen) atoms. The summed E-state index contributed by atoms with van der Waals surface area (Å²) in [6, 6.07) is 6.57. The van der Waals surface area contributed by atoms with E-state index in [-0.39, 0.29) is 6.04 Å². The second-order valence-electron chi connectivity index (χ2n) is 5.28. The van der Waals surface area contributed by atoms with E-state index in [1.807, 2.05) is 6.07 Å². The number of benzene rings is 1. The summed E-state index contributed by atoms with van der Waals surface area (Å²) in [6.07, 6.45) is 3.60. The molecule has 1 unspecified atom stereocenters. The molecule has 0 aliphatic carbocycles. The van der Waals surface area contributed by atoms with Gasteiger partial charge in [-0.2, -0.15) is 0 Å². The highest BCUT2D eigenvalue weighted by atomic mass is 16.5. The molecule has 1 aromatic carbocycles. The molecule has 1 saturated heterocycles. The van der Waals surface area contributed by atoms with Crippen LogP contribution in [0.5, 0.6) is 5.75 Å². The number of hydrogen-bond donors (Lipinski definition) is 1. The average Bonchev–Trinajstić information content (AvgIpc) is 2.82. The number of ether oxygens (including phenoxy) is 1. The van der Waals surface area contributed by atoms with E-state index in [1.54, 1.807) is 7.11 Å². The van der Waals surface area contributed by atoms with Gasteiger partial charge in [-0.25, -0.2) is 0 Å². The fourth-order valence-corrected chi connectivity index (χ4v) is 2.73. The first-order chi connectivity index (χ1) is 8.69. The van der Waals surface area contributed by atoms with Crippen molar-refractivity contribution in [2.75, 3.05) is 26.7 Å². The Bertz CT molecular complexity index is 386. The van der Waals surface area contributed by atoms with E-state index in [9.17, 15) is 0 Å². The first-order valence-electron chi connectivity index (χ1n) is 6.80. The number of aryl methyl sites for hydroxylation is 1. The second-order valence-corrected chi connectivity index (χ2v) is 5.28. The van der Waals surface area contributed by atoms with Gasteiger partial charge in [0, 0.05) is 12.6 Å². The van der Waals surface area contributed by atoms with Gasteiger partial charge in [0.25, 0.3) is 0 Å².